The Hall–Kier alpha value is 1.07. The van der Waals surface area contributed by atoms with Crippen molar-refractivity contribution in [2.45, 2.75) is 103 Å². The Balaban J connectivity index is 0. The fourth-order valence-corrected chi connectivity index (χ4v) is 2.46. The number of carbonyl (C=O) groups excluding carboxylic acids is 1. The van der Waals surface area contributed by atoms with E-state index in [0.29, 0.717) is 0 Å². The molecule has 0 fully saturated rings. The van der Waals surface area contributed by atoms with Gasteiger partial charge >= 0.3 is 49.9 Å². The summed E-state index contributed by atoms with van der Waals surface area (Å²) in [7, 11) is 0. The molecule has 0 aromatic carbocycles. The van der Waals surface area contributed by atoms with Crippen molar-refractivity contribution in [3.8, 4) is 0 Å². The molecule has 0 radical (unpaired) electrons. The maximum absolute atomic E-state index is 10.2. The Morgan fingerprint density at radius 2 is 0.950 bits per heavy atom. The molecule has 0 unspecified atom stereocenters. The van der Waals surface area contributed by atoms with Crippen molar-refractivity contribution in [2.75, 3.05) is 0 Å². The van der Waals surface area contributed by atoms with Crippen LogP contribution < -0.4 is 5.11 Å². The Morgan fingerprint density at radius 1 is 0.650 bits per heavy atom. The molecule has 0 spiro atoms. The molecule has 0 saturated heterocycles. The van der Waals surface area contributed by atoms with E-state index in [2.05, 4.69) is 6.92 Å². The molecule has 0 aromatic heterocycles. The van der Waals surface area contributed by atoms with Crippen molar-refractivity contribution in [3.05, 3.63) is 0 Å². The number of carbonyl (C=O) groups is 1. The van der Waals surface area contributed by atoms with Crippen LogP contribution in [0, 0.1) is 49.9 Å². The quantitative estimate of drug-likeness (QED) is 0.314. The molecule has 0 amide bonds. The molecular formula is C17H33FrO2. The second kappa shape index (κ2) is 20.1. The topological polar surface area (TPSA) is 40.1 Å². The molecule has 0 saturated carbocycles. The molecule has 0 bridgehead atoms. The first-order valence-electron chi connectivity index (χ1n) is 8.47. The summed E-state index contributed by atoms with van der Waals surface area (Å²) in [5.41, 5.74) is 0. The van der Waals surface area contributed by atoms with Gasteiger partial charge in [0.05, 0.1) is 0 Å². The minimum absolute atomic E-state index is 0. The monoisotopic (exact) mass is 492 g/mol. The summed E-state index contributed by atoms with van der Waals surface area (Å²) in [4.78, 5) is 10.2. The van der Waals surface area contributed by atoms with Gasteiger partial charge in [0.2, 0.25) is 0 Å². The molecule has 2 nitrogen and oxygen atoms in total. The molecule has 3 heteroatoms. The fourth-order valence-electron chi connectivity index (χ4n) is 2.46. The molecule has 0 aromatic rings. The molecule has 114 valence electrons. The first kappa shape index (κ1) is 23.3. The number of aliphatic carboxylic acids is 1. The molecule has 20 heavy (non-hydrogen) atoms. The van der Waals surface area contributed by atoms with Gasteiger partial charge in [0.1, 0.15) is 0 Å². The van der Waals surface area contributed by atoms with Crippen LogP contribution in [-0.4, -0.2) is 5.97 Å². The number of carboxylic acid groups (broad SMARTS) is 1. The first-order valence-corrected chi connectivity index (χ1v) is 8.47. The average molecular weight is 492 g/mol. The zero-order valence-electron chi connectivity index (χ0n) is 13.9. The molecule has 0 aliphatic heterocycles. The first-order chi connectivity index (χ1) is 9.27. The third-order valence-electron chi connectivity index (χ3n) is 3.73. The second-order valence-corrected chi connectivity index (χ2v) is 5.72. The third-order valence-corrected chi connectivity index (χ3v) is 3.73. The minimum atomic E-state index is -0.904. The van der Waals surface area contributed by atoms with Gasteiger partial charge in [0, 0.05) is 5.97 Å². The van der Waals surface area contributed by atoms with Crippen LogP contribution in [0.1, 0.15) is 103 Å². The summed E-state index contributed by atoms with van der Waals surface area (Å²) in [6.07, 6.45) is 18.4. The summed E-state index contributed by atoms with van der Waals surface area (Å²) >= 11 is 0. The smallest absolute Gasteiger partial charge is 0.550 e. The van der Waals surface area contributed by atoms with Gasteiger partial charge in [-0.1, -0.05) is 90.4 Å². The van der Waals surface area contributed by atoms with E-state index in [1.807, 2.05) is 0 Å². The van der Waals surface area contributed by atoms with Gasteiger partial charge < -0.3 is 9.90 Å². The number of carboxylic acids is 1. The van der Waals surface area contributed by atoms with Gasteiger partial charge in [-0.25, -0.2) is 0 Å². The van der Waals surface area contributed by atoms with Gasteiger partial charge in [0.25, 0.3) is 0 Å². The van der Waals surface area contributed by atoms with Crippen LogP contribution in [-0.2, 0) is 4.79 Å². The van der Waals surface area contributed by atoms with Crippen LogP contribution in [0.5, 0.6) is 0 Å². The molecule has 0 aliphatic carbocycles. The van der Waals surface area contributed by atoms with Crippen LogP contribution in [0.3, 0.4) is 0 Å². The number of unbranched alkanes of at least 4 members (excludes halogenated alkanes) is 13. The van der Waals surface area contributed by atoms with Gasteiger partial charge in [0.15, 0.2) is 0 Å². The molecule has 0 N–H and O–H groups in total. The summed E-state index contributed by atoms with van der Waals surface area (Å²) < 4.78 is 0. The Morgan fingerprint density at radius 3 is 1.25 bits per heavy atom. The van der Waals surface area contributed by atoms with Crippen LogP contribution in [0.4, 0.5) is 0 Å². The Kier molecular flexibility index (Phi) is 23.4. The van der Waals surface area contributed by atoms with Crippen LogP contribution >= 0.6 is 0 Å². The van der Waals surface area contributed by atoms with E-state index in [1.165, 1.54) is 77.0 Å². The van der Waals surface area contributed by atoms with E-state index in [9.17, 15) is 9.90 Å². The normalized spacial score (nSPS) is 10.2. The fraction of sp³-hybridized carbons (Fsp3) is 0.941. The minimum Gasteiger partial charge on any atom is -0.550 e. The van der Waals surface area contributed by atoms with E-state index in [1.54, 1.807) is 0 Å². The maximum Gasteiger partial charge on any atom is 1.00 e. The third kappa shape index (κ3) is 21.4. The van der Waals surface area contributed by atoms with Gasteiger partial charge in [-0.2, -0.15) is 0 Å². The average Bonchev–Trinajstić information content (AvgIpc) is 2.39. The van der Waals surface area contributed by atoms with Crippen LogP contribution in [0.2, 0.25) is 0 Å². The molecule has 0 atom stereocenters. The van der Waals surface area contributed by atoms with Crippen LogP contribution in [0.25, 0.3) is 0 Å². The SMILES string of the molecule is CCCCCCCCCCCCCCCCC(=O)[O-].[Fr+]. The van der Waals surface area contributed by atoms with E-state index in [0.717, 1.165) is 12.8 Å². The summed E-state index contributed by atoms with van der Waals surface area (Å²) in [6.45, 7) is 2.26. The number of hydrogen-bond donors (Lipinski definition) is 0. The van der Waals surface area contributed by atoms with Crippen molar-refractivity contribution in [1.82, 2.24) is 0 Å². The zero-order valence-corrected chi connectivity index (χ0v) is 22.1. The number of hydrogen-bond acceptors (Lipinski definition) is 2. The van der Waals surface area contributed by atoms with Gasteiger partial charge in [-0.3, -0.25) is 0 Å². The Bertz CT molecular complexity index is 195. The van der Waals surface area contributed by atoms with E-state index in [-0.39, 0.29) is 56.3 Å². The predicted octanol–water partition coefficient (Wildman–Crippen LogP) is 4.61. The predicted molar refractivity (Wildman–Crippen MR) is 79.9 cm³/mol. The zero-order chi connectivity index (χ0) is 14.2. The molecular weight excluding hydrogens is 459 g/mol. The summed E-state index contributed by atoms with van der Waals surface area (Å²) in [5.74, 6) is -0.904. The maximum atomic E-state index is 10.2. The molecule has 0 heterocycles. The van der Waals surface area contributed by atoms with Crippen LogP contribution in [0.15, 0.2) is 0 Å². The van der Waals surface area contributed by atoms with E-state index in [4.69, 9.17) is 0 Å². The standard InChI is InChI=1S/C17H34O2.Fr/c1-2-3-4-5-6-7-8-9-10-11-12-13-14-15-16-17(18)19;/h2-16H2,1H3,(H,18,19);/q;+1/p-1. The van der Waals surface area contributed by atoms with Crippen molar-refractivity contribution < 1.29 is 59.8 Å². The van der Waals surface area contributed by atoms with Crippen molar-refractivity contribution in [3.63, 3.8) is 0 Å². The van der Waals surface area contributed by atoms with Gasteiger partial charge in [-0.05, 0) is 12.8 Å². The Labute approximate surface area is 167 Å². The van der Waals surface area contributed by atoms with E-state index >= 15 is 0 Å². The summed E-state index contributed by atoms with van der Waals surface area (Å²) in [5, 5.41) is 10.2. The largest absolute Gasteiger partial charge is 1.00 e. The number of rotatable bonds is 15. The van der Waals surface area contributed by atoms with E-state index < -0.39 is 5.97 Å². The summed E-state index contributed by atoms with van der Waals surface area (Å²) in [6, 6.07) is 0. The van der Waals surface area contributed by atoms with Crippen molar-refractivity contribution in [2.24, 2.45) is 0 Å². The second-order valence-electron chi connectivity index (χ2n) is 5.72. The molecule has 0 aliphatic rings. The molecule has 0 rings (SSSR count). The van der Waals surface area contributed by atoms with Crippen molar-refractivity contribution in [1.29, 1.82) is 0 Å². The van der Waals surface area contributed by atoms with Gasteiger partial charge in [-0.15, -0.1) is 0 Å². The van der Waals surface area contributed by atoms with Crippen molar-refractivity contribution >= 4 is 5.97 Å².